The predicted molar refractivity (Wildman–Crippen MR) is 45.3 cm³/mol. The van der Waals surface area contributed by atoms with Crippen molar-refractivity contribution in [1.82, 2.24) is 0 Å². The van der Waals surface area contributed by atoms with E-state index in [1.807, 2.05) is 0 Å². The van der Waals surface area contributed by atoms with Crippen molar-refractivity contribution in [2.75, 3.05) is 0 Å². The quantitative estimate of drug-likeness (QED) is 0.503. The summed E-state index contributed by atoms with van der Waals surface area (Å²) < 4.78 is 0. The minimum Gasteiger partial charge on any atom is -0.550 e. The van der Waals surface area contributed by atoms with E-state index in [2.05, 4.69) is 13.8 Å². The third-order valence-electron chi connectivity index (χ3n) is 3.05. The predicted octanol–water partition coefficient (Wildman–Crippen LogP) is -1.80. The van der Waals surface area contributed by atoms with Crippen LogP contribution in [0.2, 0.25) is 0 Å². The van der Waals surface area contributed by atoms with E-state index in [1.54, 1.807) is 0 Å². The standard InChI is InChI=1S/C10H18O2.K/c1-7(2)8-3-5-9(6-4-8)10(11)12;/h7-9H,3-6H2,1-2H3,(H,11,12);/q;+1/p-1/t8-,9-;. The molecule has 0 heterocycles. The Labute approximate surface area is 123 Å². The van der Waals surface area contributed by atoms with Gasteiger partial charge >= 0.3 is 51.4 Å². The van der Waals surface area contributed by atoms with Crippen molar-refractivity contribution in [3.05, 3.63) is 0 Å². The van der Waals surface area contributed by atoms with Gasteiger partial charge in [-0.25, -0.2) is 0 Å². The van der Waals surface area contributed by atoms with Crippen molar-refractivity contribution >= 4 is 5.97 Å². The fourth-order valence-corrected chi connectivity index (χ4v) is 2.02. The van der Waals surface area contributed by atoms with Gasteiger partial charge in [0.2, 0.25) is 0 Å². The summed E-state index contributed by atoms with van der Waals surface area (Å²) in [5, 5.41) is 10.5. The second-order valence-electron chi connectivity index (χ2n) is 4.17. The van der Waals surface area contributed by atoms with E-state index in [1.165, 1.54) is 0 Å². The molecule has 0 amide bonds. The molecule has 3 heteroatoms. The molecule has 1 aliphatic carbocycles. The van der Waals surface area contributed by atoms with Gasteiger partial charge in [-0.15, -0.1) is 0 Å². The first-order chi connectivity index (χ1) is 5.61. The summed E-state index contributed by atoms with van der Waals surface area (Å²) in [6, 6.07) is 0. The van der Waals surface area contributed by atoms with E-state index < -0.39 is 5.97 Å². The van der Waals surface area contributed by atoms with Gasteiger partial charge in [-0.1, -0.05) is 13.8 Å². The van der Waals surface area contributed by atoms with Crippen molar-refractivity contribution < 1.29 is 61.3 Å². The fraction of sp³-hybridized carbons (Fsp3) is 0.900. The maximum absolute atomic E-state index is 10.5. The van der Waals surface area contributed by atoms with E-state index in [9.17, 15) is 9.90 Å². The third kappa shape index (κ3) is 4.43. The molecule has 1 aliphatic rings. The number of rotatable bonds is 2. The molecule has 0 radical (unpaired) electrons. The molecule has 1 fully saturated rings. The van der Waals surface area contributed by atoms with E-state index >= 15 is 0 Å². The minimum atomic E-state index is -0.850. The molecule has 0 atom stereocenters. The summed E-state index contributed by atoms with van der Waals surface area (Å²) in [5.74, 6) is 0.422. The Morgan fingerprint density at radius 1 is 1.23 bits per heavy atom. The van der Waals surface area contributed by atoms with Crippen molar-refractivity contribution in [1.29, 1.82) is 0 Å². The second-order valence-corrected chi connectivity index (χ2v) is 4.17. The molecule has 0 aromatic carbocycles. The van der Waals surface area contributed by atoms with E-state index in [0.29, 0.717) is 5.92 Å². The molecular weight excluding hydrogens is 191 g/mol. The fourth-order valence-electron chi connectivity index (χ4n) is 2.02. The SMILES string of the molecule is CC(C)[C@H]1CC[C@H](C(=O)[O-])CC1.[K+]. The summed E-state index contributed by atoms with van der Waals surface area (Å²) in [7, 11) is 0. The third-order valence-corrected chi connectivity index (χ3v) is 3.05. The maximum Gasteiger partial charge on any atom is 1.00 e. The van der Waals surface area contributed by atoms with Crippen LogP contribution in [-0.2, 0) is 4.79 Å². The molecule has 0 aliphatic heterocycles. The van der Waals surface area contributed by atoms with Crippen molar-refractivity contribution in [2.45, 2.75) is 39.5 Å². The van der Waals surface area contributed by atoms with E-state index in [4.69, 9.17) is 0 Å². The number of carbonyl (C=O) groups is 1. The number of hydrogen-bond donors (Lipinski definition) is 0. The summed E-state index contributed by atoms with van der Waals surface area (Å²) in [4.78, 5) is 10.5. The normalized spacial score (nSPS) is 28.2. The molecule has 0 aromatic rings. The van der Waals surface area contributed by atoms with E-state index in [-0.39, 0.29) is 57.3 Å². The number of carbonyl (C=O) groups excluding carboxylic acids is 1. The molecule has 1 rings (SSSR count). The summed E-state index contributed by atoms with van der Waals surface area (Å²) in [5.41, 5.74) is 0. The summed E-state index contributed by atoms with van der Waals surface area (Å²) >= 11 is 0. The first-order valence-electron chi connectivity index (χ1n) is 4.82. The molecule has 13 heavy (non-hydrogen) atoms. The van der Waals surface area contributed by atoms with Gasteiger partial charge in [-0.3, -0.25) is 0 Å². The molecular formula is C10H17KO2. The van der Waals surface area contributed by atoms with Gasteiger partial charge in [0, 0.05) is 5.97 Å². The Hall–Kier alpha value is 1.11. The molecule has 1 saturated carbocycles. The Bertz CT molecular complexity index is 160. The van der Waals surface area contributed by atoms with Crippen LogP contribution in [-0.4, -0.2) is 5.97 Å². The zero-order valence-electron chi connectivity index (χ0n) is 8.88. The van der Waals surface area contributed by atoms with Crippen LogP contribution < -0.4 is 56.5 Å². The van der Waals surface area contributed by atoms with Gasteiger partial charge < -0.3 is 9.90 Å². The minimum absolute atomic E-state index is 0. The van der Waals surface area contributed by atoms with Gasteiger partial charge in [0.05, 0.1) is 0 Å². The van der Waals surface area contributed by atoms with E-state index in [0.717, 1.165) is 31.6 Å². The molecule has 0 N–H and O–H groups in total. The Morgan fingerprint density at radius 3 is 2.00 bits per heavy atom. The van der Waals surface area contributed by atoms with Crippen molar-refractivity contribution in [3.8, 4) is 0 Å². The zero-order chi connectivity index (χ0) is 9.14. The molecule has 0 unspecified atom stereocenters. The van der Waals surface area contributed by atoms with Gasteiger partial charge in [-0.2, -0.15) is 0 Å². The van der Waals surface area contributed by atoms with Crippen molar-refractivity contribution in [3.63, 3.8) is 0 Å². The smallest absolute Gasteiger partial charge is 0.550 e. The van der Waals surface area contributed by atoms with Crippen LogP contribution in [0.1, 0.15) is 39.5 Å². The Kier molecular flexibility index (Phi) is 7.12. The Balaban J connectivity index is 0.00000144. The van der Waals surface area contributed by atoms with Crippen LogP contribution in [0.25, 0.3) is 0 Å². The molecule has 70 valence electrons. The first-order valence-corrected chi connectivity index (χ1v) is 4.82. The monoisotopic (exact) mass is 208 g/mol. The summed E-state index contributed by atoms with van der Waals surface area (Å²) in [6.07, 6.45) is 3.78. The number of carboxylic acids is 1. The number of hydrogen-bond acceptors (Lipinski definition) is 2. The largest absolute Gasteiger partial charge is 1.00 e. The van der Waals surface area contributed by atoms with Gasteiger partial charge in [0.1, 0.15) is 0 Å². The molecule has 2 nitrogen and oxygen atoms in total. The van der Waals surface area contributed by atoms with Crippen LogP contribution in [0.5, 0.6) is 0 Å². The molecule has 0 aromatic heterocycles. The molecule has 0 spiro atoms. The second kappa shape index (κ2) is 6.56. The molecule has 0 bridgehead atoms. The van der Waals surface area contributed by atoms with Gasteiger partial charge in [0.15, 0.2) is 0 Å². The average Bonchev–Trinajstić information content (AvgIpc) is 2.04. The first kappa shape index (κ1) is 14.1. The topological polar surface area (TPSA) is 40.1 Å². The van der Waals surface area contributed by atoms with Crippen LogP contribution >= 0.6 is 0 Å². The van der Waals surface area contributed by atoms with Crippen LogP contribution in [0.15, 0.2) is 0 Å². The Morgan fingerprint density at radius 2 is 1.69 bits per heavy atom. The van der Waals surface area contributed by atoms with Gasteiger partial charge in [-0.05, 0) is 43.4 Å². The van der Waals surface area contributed by atoms with Crippen LogP contribution in [0.4, 0.5) is 0 Å². The maximum atomic E-state index is 10.5. The zero-order valence-corrected chi connectivity index (χ0v) is 12.0. The molecule has 0 saturated heterocycles. The van der Waals surface area contributed by atoms with Crippen LogP contribution in [0, 0.1) is 17.8 Å². The number of carboxylic acid groups (broad SMARTS) is 1. The van der Waals surface area contributed by atoms with Gasteiger partial charge in [0.25, 0.3) is 0 Å². The van der Waals surface area contributed by atoms with Crippen molar-refractivity contribution in [2.24, 2.45) is 17.8 Å². The summed E-state index contributed by atoms with van der Waals surface area (Å²) in [6.45, 7) is 4.42. The van der Waals surface area contributed by atoms with Crippen LogP contribution in [0.3, 0.4) is 0 Å². The average molecular weight is 208 g/mol. The number of aliphatic carboxylic acids is 1.